The number of nitrogens with one attached hydrogen (secondary N) is 1. The van der Waals surface area contributed by atoms with Crippen LogP contribution in [0.4, 0.5) is 28.9 Å². The molecule has 2 aliphatic rings. The third-order valence-electron chi connectivity index (χ3n) is 4.95. The highest BCUT2D eigenvalue weighted by Crippen LogP contribution is 2.32. The van der Waals surface area contributed by atoms with Gasteiger partial charge >= 0.3 is 6.18 Å². The van der Waals surface area contributed by atoms with Gasteiger partial charge in [-0.3, -0.25) is 19.3 Å². The van der Waals surface area contributed by atoms with E-state index in [9.17, 15) is 31.9 Å². The number of rotatable bonds is 8. The molecule has 0 radical (unpaired) electrons. The van der Waals surface area contributed by atoms with Crippen LogP contribution in [0.25, 0.3) is 0 Å². The summed E-state index contributed by atoms with van der Waals surface area (Å²) in [5, 5.41) is 2.25. The number of primary amides is 1. The van der Waals surface area contributed by atoms with Crippen LogP contribution in [-0.2, 0) is 19.1 Å². The number of nitrogens with zero attached hydrogens (tertiary/aromatic N) is 2. The summed E-state index contributed by atoms with van der Waals surface area (Å²) in [6.45, 7) is -1.38. The Labute approximate surface area is 175 Å². The Balaban J connectivity index is 1.76. The van der Waals surface area contributed by atoms with Crippen LogP contribution >= 0.6 is 0 Å². The van der Waals surface area contributed by atoms with Crippen molar-refractivity contribution in [1.82, 2.24) is 4.90 Å². The number of hydrogen-bond donors (Lipinski definition) is 2. The number of halogens is 4. The maximum Gasteiger partial charge on any atom is 0.401 e. The molecule has 0 spiro atoms. The van der Waals surface area contributed by atoms with E-state index in [0.29, 0.717) is 17.7 Å². The van der Waals surface area contributed by atoms with Gasteiger partial charge in [0.25, 0.3) is 11.8 Å². The molecule has 1 aliphatic heterocycles. The van der Waals surface area contributed by atoms with Crippen molar-refractivity contribution in [2.45, 2.75) is 25.1 Å². The molecule has 0 bridgehead atoms. The van der Waals surface area contributed by atoms with Gasteiger partial charge in [-0.05, 0) is 37.0 Å². The summed E-state index contributed by atoms with van der Waals surface area (Å²) < 4.78 is 58.5. The van der Waals surface area contributed by atoms with Crippen molar-refractivity contribution in [3.05, 3.63) is 24.0 Å². The lowest BCUT2D eigenvalue weighted by atomic mass is 10.1. The van der Waals surface area contributed by atoms with Crippen molar-refractivity contribution in [3.8, 4) is 0 Å². The fraction of sp³-hybridized carbons (Fsp3) is 0.526. The smallest absolute Gasteiger partial charge is 0.370 e. The lowest BCUT2D eigenvalue weighted by Crippen LogP contribution is -2.55. The summed E-state index contributed by atoms with van der Waals surface area (Å²) in [5.74, 6) is -3.63. The van der Waals surface area contributed by atoms with Crippen molar-refractivity contribution in [1.29, 1.82) is 0 Å². The maximum atomic E-state index is 14.5. The number of ether oxygens (including phenoxy) is 1. The lowest BCUT2D eigenvalue weighted by Gasteiger charge is -2.29. The molecule has 3 N–H and O–H groups in total. The molecule has 12 heteroatoms. The van der Waals surface area contributed by atoms with Gasteiger partial charge in [-0.2, -0.15) is 13.2 Å². The van der Waals surface area contributed by atoms with Gasteiger partial charge in [0.15, 0.2) is 6.04 Å². The fourth-order valence-electron chi connectivity index (χ4n) is 3.39. The Kier molecular flexibility index (Phi) is 6.80. The molecule has 2 fully saturated rings. The molecule has 1 aromatic rings. The van der Waals surface area contributed by atoms with Crippen molar-refractivity contribution in [2.24, 2.45) is 11.7 Å². The minimum absolute atomic E-state index is 0.0230. The van der Waals surface area contributed by atoms with Gasteiger partial charge in [-0.25, -0.2) is 4.39 Å². The number of anilines is 2. The van der Waals surface area contributed by atoms with E-state index in [1.807, 2.05) is 0 Å². The van der Waals surface area contributed by atoms with Crippen LogP contribution < -0.4 is 16.0 Å². The molecule has 1 aromatic carbocycles. The van der Waals surface area contributed by atoms with E-state index in [4.69, 9.17) is 10.5 Å². The Bertz CT molecular complexity index is 860. The fourth-order valence-corrected chi connectivity index (χ4v) is 3.39. The molecule has 3 rings (SSSR count). The Morgan fingerprint density at radius 3 is 2.58 bits per heavy atom. The van der Waals surface area contributed by atoms with Crippen LogP contribution in [0.1, 0.15) is 12.8 Å². The third kappa shape index (κ3) is 6.14. The molecule has 1 heterocycles. The van der Waals surface area contributed by atoms with Crippen molar-refractivity contribution >= 4 is 29.1 Å². The van der Waals surface area contributed by atoms with E-state index in [1.54, 1.807) is 0 Å². The van der Waals surface area contributed by atoms with Gasteiger partial charge in [0.2, 0.25) is 5.91 Å². The van der Waals surface area contributed by atoms with Crippen LogP contribution in [0.3, 0.4) is 0 Å². The monoisotopic (exact) mass is 446 g/mol. The highest BCUT2D eigenvalue weighted by atomic mass is 19.4. The average molecular weight is 446 g/mol. The Hall–Kier alpha value is -2.73. The zero-order valence-electron chi connectivity index (χ0n) is 16.5. The minimum Gasteiger partial charge on any atom is -0.370 e. The normalized spacial score (nSPS) is 18.2. The van der Waals surface area contributed by atoms with Gasteiger partial charge in [-0.15, -0.1) is 0 Å². The number of nitrogens with two attached hydrogens (primary N) is 1. The number of alkyl halides is 3. The molecule has 1 saturated carbocycles. The number of hydrogen-bond acceptors (Lipinski definition) is 5. The quantitative estimate of drug-likeness (QED) is 0.462. The Morgan fingerprint density at radius 2 is 2.03 bits per heavy atom. The molecular weight excluding hydrogens is 424 g/mol. The second kappa shape index (κ2) is 9.18. The highest BCUT2D eigenvalue weighted by Gasteiger charge is 2.41. The molecule has 1 aliphatic carbocycles. The first-order valence-corrected chi connectivity index (χ1v) is 9.64. The number of carbonyl (C=O) groups excluding carboxylic acids is 3. The second-order valence-corrected chi connectivity index (χ2v) is 7.55. The first-order chi connectivity index (χ1) is 14.5. The van der Waals surface area contributed by atoms with Gasteiger partial charge in [-0.1, -0.05) is 0 Å². The van der Waals surface area contributed by atoms with Crippen LogP contribution in [0.2, 0.25) is 0 Å². The average Bonchev–Trinajstić information content (AvgIpc) is 3.45. The summed E-state index contributed by atoms with van der Waals surface area (Å²) in [4.78, 5) is 38.2. The Morgan fingerprint density at radius 1 is 1.32 bits per heavy atom. The minimum atomic E-state index is -4.64. The van der Waals surface area contributed by atoms with Gasteiger partial charge in [0.1, 0.15) is 12.4 Å². The molecular formula is C19H22F4N4O4. The van der Waals surface area contributed by atoms with Crippen molar-refractivity contribution < 1.29 is 36.7 Å². The first kappa shape index (κ1) is 22.9. The van der Waals surface area contributed by atoms with Crippen molar-refractivity contribution in [3.63, 3.8) is 0 Å². The van der Waals surface area contributed by atoms with Gasteiger partial charge < -0.3 is 20.7 Å². The highest BCUT2D eigenvalue weighted by molar-refractivity contribution is 6.09. The van der Waals surface area contributed by atoms with E-state index in [0.717, 1.165) is 6.07 Å². The molecule has 0 aromatic heterocycles. The number of amides is 3. The molecule has 1 atom stereocenters. The predicted octanol–water partition coefficient (Wildman–Crippen LogP) is 1.26. The van der Waals surface area contributed by atoms with E-state index in [-0.39, 0.29) is 43.6 Å². The van der Waals surface area contributed by atoms with E-state index >= 15 is 0 Å². The molecule has 170 valence electrons. The molecule has 3 amide bonds. The molecule has 31 heavy (non-hydrogen) atoms. The first-order valence-electron chi connectivity index (χ1n) is 9.64. The summed E-state index contributed by atoms with van der Waals surface area (Å²) in [7, 11) is 0. The predicted molar refractivity (Wildman–Crippen MR) is 102 cm³/mol. The van der Waals surface area contributed by atoms with E-state index < -0.39 is 42.3 Å². The van der Waals surface area contributed by atoms with Gasteiger partial charge in [0, 0.05) is 18.8 Å². The molecule has 0 unspecified atom stereocenters. The summed E-state index contributed by atoms with van der Waals surface area (Å²) >= 11 is 0. The van der Waals surface area contributed by atoms with E-state index in [1.165, 1.54) is 17.0 Å². The second-order valence-electron chi connectivity index (χ2n) is 7.55. The van der Waals surface area contributed by atoms with Crippen LogP contribution in [-0.4, -0.2) is 67.7 Å². The topological polar surface area (TPSA) is 105 Å². The zero-order valence-corrected chi connectivity index (χ0v) is 16.5. The van der Waals surface area contributed by atoms with Crippen LogP contribution in [0.5, 0.6) is 0 Å². The van der Waals surface area contributed by atoms with Crippen LogP contribution in [0, 0.1) is 11.7 Å². The maximum absolute atomic E-state index is 14.5. The molecule has 1 saturated heterocycles. The standard InChI is InChI=1S/C19H22F4N4O4/c20-13-7-12(3-4-14(13)27-5-6-31-9-15(27)28)25-18(30)16(17(24)29)26(8-11-1-2-11)10-19(21,22)23/h3-4,7,11,16H,1-2,5-6,8-10H2,(H2,24,29)(H,25,30)/t16-/m0/s1. The SMILES string of the molecule is NC(=O)[C@@H](C(=O)Nc1ccc(N2CCOCC2=O)c(F)c1)N(CC1CC1)CC(F)(F)F. The number of morpholine rings is 1. The third-order valence-corrected chi connectivity index (χ3v) is 4.95. The zero-order chi connectivity index (χ0) is 22.8. The van der Waals surface area contributed by atoms with Crippen molar-refractivity contribution in [2.75, 3.05) is 43.1 Å². The van der Waals surface area contributed by atoms with E-state index in [2.05, 4.69) is 5.32 Å². The van der Waals surface area contributed by atoms with Gasteiger partial charge in [0.05, 0.1) is 18.8 Å². The summed E-state index contributed by atoms with van der Waals surface area (Å²) in [6.07, 6.45) is -3.23. The summed E-state index contributed by atoms with van der Waals surface area (Å²) in [6, 6.07) is 1.59. The van der Waals surface area contributed by atoms with Crippen LogP contribution in [0.15, 0.2) is 18.2 Å². The number of benzene rings is 1. The number of carbonyl (C=O) groups is 3. The largest absolute Gasteiger partial charge is 0.401 e. The molecule has 8 nitrogen and oxygen atoms in total. The summed E-state index contributed by atoms with van der Waals surface area (Å²) in [5.41, 5.74) is 5.13. The lowest BCUT2D eigenvalue weighted by molar-refractivity contribution is -0.157.